The molecule has 1 aromatic carbocycles. The minimum absolute atomic E-state index is 0.0525. The second-order valence-corrected chi connectivity index (χ2v) is 10.8. The number of guanidine groups is 1. The van der Waals surface area contributed by atoms with Crippen LogP contribution in [0.4, 0.5) is 5.69 Å². The Hall–Kier alpha value is -3.34. The van der Waals surface area contributed by atoms with E-state index >= 15 is 0 Å². The standard InChI is InChI=1S/C27H46N8O3/c1-17(2)12-23(25(28)37)33-14-20(8-7-11-31-27(29)30)34-24(36)16-35(26(38)18(3)4)15-19-13-32-22-10-6-5-9-21(19)22/h5-6,9-10,17-20,23,32-33H,7-8,11-16H2,1-4H3,(H2,28,37)(H,34,36)(H4,29,30,31)/t19?,20-,23-/m0/s1. The molecule has 0 saturated heterocycles. The average molecular weight is 531 g/mol. The van der Waals surface area contributed by atoms with E-state index in [4.69, 9.17) is 16.9 Å². The molecule has 11 heteroatoms. The molecule has 0 bridgehead atoms. The molecule has 1 heterocycles. The van der Waals surface area contributed by atoms with Crippen molar-refractivity contribution in [1.82, 2.24) is 20.9 Å². The van der Waals surface area contributed by atoms with E-state index in [1.807, 2.05) is 45.9 Å². The summed E-state index contributed by atoms with van der Waals surface area (Å²) in [4.78, 5) is 39.8. The van der Waals surface area contributed by atoms with E-state index in [-0.39, 0.29) is 48.1 Å². The van der Waals surface area contributed by atoms with Crippen molar-refractivity contribution in [3.05, 3.63) is 29.8 Å². The van der Waals surface area contributed by atoms with Gasteiger partial charge in [-0.2, -0.15) is 0 Å². The van der Waals surface area contributed by atoms with Crippen LogP contribution in [0.2, 0.25) is 0 Å². The van der Waals surface area contributed by atoms with Gasteiger partial charge in [-0.05, 0) is 36.8 Å². The van der Waals surface area contributed by atoms with Gasteiger partial charge in [0.15, 0.2) is 5.96 Å². The molecular weight excluding hydrogens is 484 g/mol. The Labute approximate surface area is 226 Å². The van der Waals surface area contributed by atoms with Gasteiger partial charge in [-0.25, -0.2) is 0 Å². The van der Waals surface area contributed by atoms with Crippen LogP contribution in [0.3, 0.4) is 0 Å². The third-order valence-corrected chi connectivity index (χ3v) is 6.59. The zero-order valence-corrected chi connectivity index (χ0v) is 23.2. The number of para-hydroxylation sites is 1. The van der Waals surface area contributed by atoms with Crippen molar-refractivity contribution >= 4 is 29.4 Å². The zero-order chi connectivity index (χ0) is 28.2. The Morgan fingerprint density at radius 1 is 1.16 bits per heavy atom. The maximum absolute atomic E-state index is 13.2. The van der Waals surface area contributed by atoms with E-state index in [9.17, 15) is 14.4 Å². The molecule has 0 spiro atoms. The summed E-state index contributed by atoms with van der Waals surface area (Å²) in [5.41, 5.74) is 13.2. The van der Waals surface area contributed by atoms with E-state index in [1.165, 1.54) is 0 Å². The molecule has 0 aromatic heterocycles. The molecule has 1 unspecified atom stereocenters. The second-order valence-electron chi connectivity index (χ2n) is 10.8. The molecule has 2 rings (SSSR count). The summed E-state index contributed by atoms with van der Waals surface area (Å²) in [5.74, 6) is -0.737. The molecule has 1 aromatic rings. The van der Waals surface area contributed by atoms with Crippen LogP contribution in [0.15, 0.2) is 24.3 Å². The molecule has 0 saturated carbocycles. The number of carbonyl (C=O) groups is 3. The Bertz CT molecular complexity index is 952. The number of benzene rings is 1. The quantitative estimate of drug-likeness (QED) is 0.0943. The summed E-state index contributed by atoms with van der Waals surface area (Å²) in [6.07, 6.45) is 1.83. The van der Waals surface area contributed by atoms with Crippen LogP contribution in [0, 0.1) is 17.2 Å². The number of amides is 3. The van der Waals surface area contributed by atoms with Crippen LogP contribution in [0.5, 0.6) is 0 Å². The Kier molecular flexibility index (Phi) is 12.3. The topological polar surface area (TPSA) is 178 Å². The molecule has 1 aliphatic heterocycles. The number of primary amides is 1. The summed E-state index contributed by atoms with van der Waals surface area (Å²) < 4.78 is 0. The summed E-state index contributed by atoms with van der Waals surface area (Å²) >= 11 is 0. The maximum Gasteiger partial charge on any atom is 0.239 e. The molecule has 1 aliphatic rings. The fourth-order valence-corrected chi connectivity index (χ4v) is 4.68. The summed E-state index contributed by atoms with van der Waals surface area (Å²) in [6.45, 7) is 9.64. The number of carbonyl (C=O) groups excluding carboxylic acids is 3. The van der Waals surface area contributed by atoms with Gasteiger partial charge >= 0.3 is 0 Å². The average Bonchev–Trinajstić information content (AvgIpc) is 3.25. The Morgan fingerprint density at radius 3 is 2.50 bits per heavy atom. The Morgan fingerprint density at radius 2 is 1.87 bits per heavy atom. The number of nitrogens with one attached hydrogen (secondary N) is 5. The van der Waals surface area contributed by atoms with E-state index in [2.05, 4.69) is 27.3 Å². The number of hydrogen-bond acceptors (Lipinski definition) is 6. The van der Waals surface area contributed by atoms with Crippen LogP contribution >= 0.6 is 0 Å². The van der Waals surface area contributed by atoms with Crippen LogP contribution in [-0.4, -0.2) is 73.4 Å². The van der Waals surface area contributed by atoms with Crippen molar-refractivity contribution in [1.29, 1.82) is 5.41 Å². The lowest BCUT2D eigenvalue weighted by molar-refractivity contribution is -0.139. The lowest BCUT2D eigenvalue weighted by atomic mass is 10.00. The highest BCUT2D eigenvalue weighted by atomic mass is 16.2. The van der Waals surface area contributed by atoms with Gasteiger partial charge in [0, 0.05) is 49.7 Å². The minimum Gasteiger partial charge on any atom is -0.384 e. The molecule has 3 atom stereocenters. The first-order valence-electron chi connectivity index (χ1n) is 13.5. The van der Waals surface area contributed by atoms with Crippen molar-refractivity contribution in [2.24, 2.45) is 23.3 Å². The van der Waals surface area contributed by atoms with Crippen LogP contribution in [0.25, 0.3) is 0 Å². The van der Waals surface area contributed by atoms with Gasteiger partial charge in [0.05, 0.1) is 12.6 Å². The van der Waals surface area contributed by atoms with Crippen molar-refractivity contribution in [2.45, 2.75) is 65.0 Å². The van der Waals surface area contributed by atoms with Crippen LogP contribution in [-0.2, 0) is 14.4 Å². The highest BCUT2D eigenvalue weighted by molar-refractivity contribution is 5.86. The summed E-state index contributed by atoms with van der Waals surface area (Å²) in [5, 5.41) is 19.7. The fraction of sp³-hybridized carbons (Fsp3) is 0.630. The first-order valence-corrected chi connectivity index (χ1v) is 13.5. The van der Waals surface area contributed by atoms with Gasteiger partial charge in [-0.3, -0.25) is 19.8 Å². The molecule has 9 N–H and O–H groups in total. The monoisotopic (exact) mass is 530 g/mol. The predicted molar refractivity (Wildman–Crippen MR) is 151 cm³/mol. The predicted octanol–water partition coefficient (Wildman–Crippen LogP) is 0.918. The van der Waals surface area contributed by atoms with Crippen LogP contribution in [0.1, 0.15) is 58.4 Å². The van der Waals surface area contributed by atoms with Gasteiger partial charge in [-0.1, -0.05) is 45.9 Å². The van der Waals surface area contributed by atoms with E-state index < -0.39 is 11.9 Å². The SMILES string of the molecule is CC(C)C[C@H](NC[C@H](CCCNC(=N)N)NC(=O)CN(CC1CNc2ccccc21)C(=O)C(C)C)C(N)=O. The van der Waals surface area contributed by atoms with Crippen molar-refractivity contribution < 1.29 is 14.4 Å². The second kappa shape index (κ2) is 15.2. The first kappa shape index (κ1) is 30.9. The normalized spacial score (nSPS) is 15.9. The third-order valence-electron chi connectivity index (χ3n) is 6.59. The molecule has 212 valence electrons. The van der Waals surface area contributed by atoms with Crippen LogP contribution < -0.4 is 32.7 Å². The molecule has 0 aliphatic carbocycles. The smallest absolute Gasteiger partial charge is 0.239 e. The lowest BCUT2D eigenvalue weighted by Crippen LogP contribution is -2.52. The van der Waals surface area contributed by atoms with Gasteiger partial charge in [0.1, 0.15) is 0 Å². The Balaban J connectivity index is 2.06. The van der Waals surface area contributed by atoms with Crippen molar-refractivity contribution in [3.8, 4) is 0 Å². The molecule has 11 nitrogen and oxygen atoms in total. The van der Waals surface area contributed by atoms with Gasteiger partial charge in [0.2, 0.25) is 17.7 Å². The minimum atomic E-state index is -0.501. The first-order chi connectivity index (χ1) is 18.0. The van der Waals surface area contributed by atoms with Gasteiger partial charge < -0.3 is 37.6 Å². The van der Waals surface area contributed by atoms with Crippen molar-refractivity contribution in [2.75, 3.05) is 38.0 Å². The molecule has 3 amide bonds. The summed E-state index contributed by atoms with van der Waals surface area (Å²) in [6, 6.07) is 7.24. The number of anilines is 1. The summed E-state index contributed by atoms with van der Waals surface area (Å²) in [7, 11) is 0. The fourth-order valence-electron chi connectivity index (χ4n) is 4.68. The number of hydrogen-bond donors (Lipinski definition) is 7. The van der Waals surface area contributed by atoms with E-state index in [0.29, 0.717) is 45.4 Å². The third kappa shape index (κ3) is 10.2. The molecule has 38 heavy (non-hydrogen) atoms. The van der Waals surface area contributed by atoms with E-state index in [1.54, 1.807) is 4.90 Å². The maximum atomic E-state index is 13.2. The lowest BCUT2D eigenvalue weighted by Gasteiger charge is -2.29. The number of nitrogens with zero attached hydrogens (tertiary/aromatic N) is 1. The molecule has 0 fully saturated rings. The van der Waals surface area contributed by atoms with Gasteiger partial charge in [-0.15, -0.1) is 0 Å². The van der Waals surface area contributed by atoms with Gasteiger partial charge in [0.25, 0.3) is 0 Å². The largest absolute Gasteiger partial charge is 0.384 e. The highest BCUT2D eigenvalue weighted by Crippen LogP contribution is 2.31. The zero-order valence-electron chi connectivity index (χ0n) is 23.2. The number of nitrogens with two attached hydrogens (primary N) is 2. The number of fused-ring (bicyclic) bond motifs is 1. The molecule has 0 radical (unpaired) electrons. The van der Waals surface area contributed by atoms with Crippen molar-refractivity contribution in [3.63, 3.8) is 0 Å². The van der Waals surface area contributed by atoms with E-state index in [0.717, 1.165) is 11.3 Å². The highest BCUT2D eigenvalue weighted by Gasteiger charge is 2.29. The number of rotatable bonds is 16. The molecular formula is C27H46N8O3.